The van der Waals surface area contributed by atoms with Gasteiger partial charge < -0.3 is 0 Å². The summed E-state index contributed by atoms with van der Waals surface area (Å²) in [6.45, 7) is 0. The highest BCUT2D eigenvalue weighted by molar-refractivity contribution is 5.99. The van der Waals surface area contributed by atoms with E-state index in [1.54, 1.807) is 0 Å². The smallest absolute Gasteiger partial charge is 0.240 e. The van der Waals surface area contributed by atoms with Crippen molar-refractivity contribution in [1.29, 1.82) is 0 Å². The minimum atomic E-state index is 0.0955. The molecule has 0 fully saturated rings. The van der Waals surface area contributed by atoms with Crippen LogP contribution in [0.5, 0.6) is 0 Å². The molecule has 0 amide bonds. The number of anilines is 1. The van der Waals surface area contributed by atoms with Crippen molar-refractivity contribution in [1.82, 2.24) is 41.2 Å². The highest BCUT2D eigenvalue weighted by Gasteiger charge is 2.04. The van der Waals surface area contributed by atoms with Crippen molar-refractivity contribution < 1.29 is 0 Å². The van der Waals surface area contributed by atoms with Crippen LogP contribution in [0.25, 0.3) is 0 Å². The van der Waals surface area contributed by atoms with E-state index in [1.807, 2.05) is 30.3 Å². The fourth-order valence-electron chi connectivity index (χ4n) is 1.33. The summed E-state index contributed by atoms with van der Waals surface area (Å²) >= 11 is 0. The maximum Gasteiger partial charge on any atom is 0.307 e. The predicted molar refractivity (Wildman–Crippen MR) is 69.5 cm³/mol. The number of tetrazole rings is 2. The standard InChI is InChI=1S/C9H8N12/c1-2-4-6(5-3-1)7(10-12-8-14-18-19-15-8)11-13-9-16-20-21-17-9/h1-5H,(H,14,15,18,19)(H2,13,16,17,20,21). The zero-order valence-corrected chi connectivity index (χ0v) is 10.4. The second-order valence-corrected chi connectivity index (χ2v) is 3.56. The van der Waals surface area contributed by atoms with Crippen molar-refractivity contribution in [2.45, 2.75) is 0 Å². The van der Waals surface area contributed by atoms with Gasteiger partial charge in [0.1, 0.15) is 0 Å². The molecule has 12 nitrogen and oxygen atoms in total. The summed E-state index contributed by atoms with van der Waals surface area (Å²) in [6, 6.07) is 9.23. The van der Waals surface area contributed by atoms with Crippen LogP contribution in [0.2, 0.25) is 0 Å². The number of aromatic nitrogens is 8. The van der Waals surface area contributed by atoms with E-state index in [0.29, 0.717) is 5.84 Å². The molecule has 3 rings (SSSR count). The lowest BCUT2D eigenvalue weighted by Gasteiger charge is -1.99. The van der Waals surface area contributed by atoms with Crippen LogP contribution >= 0.6 is 0 Å². The van der Waals surface area contributed by atoms with Gasteiger partial charge in [-0.05, 0) is 10.4 Å². The van der Waals surface area contributed by atoms with E-state index in [4.69, 9.17) is 0 Å². The van der Waals surface area contributed by atoms with Crippen molar-refractivity contribution >= 4 is 17.7 Å². The molecule has 2 heterocycles. The van der Waals surface area contributed by atoms with Gasteiger partial charge in [0.2, 0.25) is 5.84 Å². The third-order valence-electron chi connectivity index (χ3n) is 2.21. The van der Waals surface area contributed by atoms with Crippen LogP contribution in [0.15, 0.2) is 45.7 Å². The number of hydrogen-bond donors (Lipinski definition) is 3. The van der Waals surface area contributed by atoms with Gasteiger partial charge in [-0.15, -0.1) is 20.4 Å². The Morgan fingerprint density at radius 2 is 1.81 bits per heavy atom. The van der Waals surface area contributed by atoms with Gasteiger partial charge in [0, 0.05) is 5.56 Å². The van der Waals surface area contributed by atoms with Crippen LogP contribution in [0.4, 0.5) is 11.9 Å². The molecule has 104 valence electrons. The number of hydrazone groups is 1. The maximum atomic E-state index is 4.07. The summed E-state index contributed by atoms with van der Waals surface area (Å²) in [5.41, 5.74) is 3.34. The molecule has 3 aromatic rings. The molecule has 0 bridgehead atoms. The van der Waals surface area contributed by atoms with Crippen molar-refractivity contribution in [3.63, 3.8) is 0 Å². The zero-order chi connectivity index (χ0) is 14.3. The summed E-state index contributed by atoms with van der Waals surface area (Å²) in [4.78, 5) is 0. The number of amidine groups is 1. The SMILES string of the molecule is c1ccc(C(N=Nc2nn[nH]n2)=NNc2nn[nH]n2)cc1. The fraction of sp³-hybridized carbons (Fsp3) is 0. The number of H-pyrrole nitrogens is 2. The Morgan fingerprint density at radius 3 is 2.52 bits per heavy atom. The van der Waals surface area contributed by atoms with E-state index in [1.165, 1.54) is 0 Å². The van der Waals surface area contributed by atoms with Gasteiger partial charge in [0.25, 0.3) is 5.95 Å². The van der Waals surface area contributed by atoms with Gasteiger partial charge in [-0.25, -0.2) is 5.43 Å². The van der Waals surface area contributed by atoms with Gasteiger partial charge in [0.05, 0.1) is 0 Å². The molecule has 0 aliphatic heterocycles. The average molecular weight is 284 g/mol. The van der Waals surface area contributed by atoms with Crippen molar-refractivity contribution in [3.05, 3.63) is 35.9 Å². The first-order valence-electron chi connectivity index (χ1n) is 5.69. The van der Waals surface area contributed by atoms with Crippen LogP contribution in [-0.2, 0) is 0 Å². The van der Waals surface area contributed by atoms with Crippen LogP contribution in [0, 0.1) is 0 Å². The van der Waals surface area contributed by atoms with Crippen LogP contribution in [0.3, 0.4) is 0 Å². The molecule has 0 aliphatic rings. The fourth-order valence-corrected chi connectivity index (χ4v) is 1.33. The number of benzene rings is 1. The Labute approximate surface area is 116 Å². The first kappa shape index (κ1) is 12.5. The molecular weight excluding hydrogens is 276 g/mol. The summed E-state index contributed by atoms with van der Waals surface area (Å²) in [7, 11) is 0. The number of hydrogen-bond acceptors (Lipinski definition) is 9. The number of aromatic amines is 2. The van der Waals surface area contributed by atoms with Gasteiger partial charge in [-0.1, -0.05) is 40.5 Å². The summed E-state index contributed by atoms with van der Waals surface area (Å²) in [5.74, 6) is 0.599. The highest BCUT2D eigenvalue weighted by atomic mass is 15.5. The molecule has 0 spiro atoms. The molecule has 0 aliphatic carbocycles. The van der Waals surface area contributed by atoms with E-state index in [9.17, 15) is 0 Å². The second kappa shape index (κ2) is 6.05. The topological polar surface area (TPSA) is 158 Å². The molecule has 21 heavy (non-hydrogen) atoms. The van der Waals surface area contributed by atoms with Crippen molar-refractivity contribution in [2.75, 3.05) is 5.43 Å². The van der Waals surface area contributed by atoms with E-state index in [-0.39, 0.29) is 11.9 Å². The Morgan fingerprint density at radius 1 is 1.00 bits per heavy atom. The maximum absolute atomic E-state index is 4.07. The predicted octanol–water partition coefficient (Wildman–Crippen LogP) is 0.270. The van der Waals surface area contributed by atoms with Gasteiger partial charge in [-0.3, -0.25) is 0 Å². The number of azo groups is 1. The Hall–Kier alpha value is -3.57. The molecule has 2 aromatic heterocycles. The molecule has 3 N–H and O–H groups in total. The second-order valence-electron chi connectivity index (χ2n) is 3.56. The molecule has 0 unspecified atom stereocenters. The number of rotatable bonds is 4. The van der Waals surface area contributed by atoms with Crippen LogP contribution < -0.4 is 5.43 Å². The molecular formula is C9H8N12. The molecule has 0 saturated carbocycles. The third-order valence-corrected chi connectivity index (χ3v) is 2.21. The van der Waals surface area contributed by atoms with E-state index >= 15 is 0 Å². The number of nitrogens with zero attached hydrogens (tertiary/aromatic N) is 9. The monoisotopic (exact) mass is 284 g/mol. The van der Waals surface area contributed by atoms with Gasteiger partial charge >= 0.3 is 5.95 Å². The summed E-state index contributed by atoms with van der Waals surface area (Å²) in [6.07, 6.45) is 0. The van der Waals surface area contributed by atoms with E-state index < -0.39 is 0 Å². The van der Waals surface area contributed by atoms with Gasteiger partial charge in [0.15, 0.2) is 0 Å². The zero-order valence-electron chi connectivity index (χ0n) is 10.4. The number of nitrogens with one attached hydrogen (secondary N) is 3. The molecule has 0 radical (unpaired) electrons. The van der Waals surface area contributed by atoms with Crippen LogP contribution in [0.1, 0.15) is 5.56 Å². The van der Waals surface area contributed by atoms with Crippen molar-refractivity contribution in [3.8, 4) is 0 Å². The minimum absolute atomic E-state index is 0.0955. The minimum Gasteiger partial charge on any atom is -0.240 e. The Bertz CT molecular complexity index is 713. The Balaban J connectivity index is 1.85. The molecule has 1 aromatic carbocycles. The average Bonchev–Trinajstić information content (AvgIpc) is 3.21. The lowest BCUT2D eigenvalue weighted by molar-refractivity contribution is 0.881. The summed E-state index contributed by atoms with van der Waals surface area (Å²) in [5, 5.41) is 38.0. The first-order chi connectivity index (χ1) is 10.4. The molecule has 0 atom stereocenters. The van der Waals surface area contributed by atoms with E-state index in [2.05, 4.69) is 62.0 Å². The normalized spacial score (nSPS) is 11.9. The Kier molecular flexibility index (Phi) is 3.59. The third kappa shape index (κ3) is 3.25. The van der Waals surface area contributed by atoms with Gasteiger partial charge in [-0.2, -0.15) is 15.5 Å². The summed E-state index contributed by atoms with van der Waals surface area (Å²) < 4.78 is 0. The molecule has 0 saturated heterocycles. The quantitative estimate of drug-likeness (QED) is 0.268. The van der Waals surface area contributed by atoms with E-state index in [0.717, 1.165) is 5.56 Å². The highest BCUT2D eigenvalue weighted by Crippen LogP contribution is 2.07. The molecule has 12 heteroatoms. The lowest BCUT2D eigenvalue weighted by Crippen LogP contribution is -2.02. The van der Waals surface area contributed by atoms with Crippen molar-refractivity contribution in [2.24, 2.45) is 15.3 Å². The lowest BCUT2D eigenvalue weighted by atomic mass is 10.2. The van der Waals surface area contributed by atoms with Crippen LogP contribution in [-0.4, -0.2) is 47.1 Å². The first-order valence-corrected chi connectivity index (χ1v) is 5.69. The largest absolute Gasteiger partial charge is 0.307 e.